The molecule has 1 fully saturated rings. The van der Waals surface area contributed by atoms with Crippen molar-refractivity contribution in [2.45, 2.75) is 25.3 Å². The SMILES string of the molecule is O=C(COc1ccccc1)N1CCCC(c2nccn2Cc2cccnc2)C1. The van der Waals surface area contributed by atoms with Crippen LogP contribution in [0.1, 0.15) is 30.1 Å². The van der Waals surface area contributed by atoms with Gasteiger partial charge in [-0.25, -0.2) is 4.98 Å². The minimum absolute atomic E-state index is 0.0268. The van der Waals surface area contributed by atoms with Crippen molar-refractivity contribution < 1.29 is 9.53 Å². The van der Waals surface area contributed by atoms with Gasteiger partial charge in [-0.1, -0.05) is 24.3 Å². The van der Waals surface area contributed by atoms with E-state index in [1.54, 1.807) is 6.20 Å². The molecule has 1 aliphatic heterocycles. The summed E-state index contributed by atoms with van der Waals surface area (Å²) in [4.78, 5) is 23.3. The number of hydrogen-bond donors (Lipinski definition) is 0. The second-order valence-corrected chi connectivity index (χ2v) is 7.06. The molecule has 1 saturated heterocycles. The van der Waals surface area contributed by atoms with Crippen LogP contribution in [0.2, 0.25) is 0 Å². The monoisotopic (exact) mass is 376 g/mol. The molecule has 0 spiro atoms. The van der Waals surface area contributed by atoms with Gasteiger partial charge in [0.2, 0.25) is 0 Å². The zero-order valence-corrected chi connectivity index (χ0v) is 15.8. The highest BCUT2D eigenvalue weighted by atomic mass is 16.5. The van der Waals surface area contributed by atoms with E-state index in [4.69, 9.17) is 4.74 Å². The predicted molar refractivity (Wildman–Crippen MR) is 106 cm³/mol. The van der Waals surface area contributed by atoms with Crippen LogP contribution in [-0.4, -0.2) is 45.0 Å². The average Bonchev–Trinajstić information content (AvgIpc) is 3.22. The van der Waals surface area contributed by atoms with Gasteiger partial charge in [-0.3, -0.25) is 9.78 Å². The molecule has 0 bridgehead atoms. The number of benzene rings is 1. The summed E-state index contributed by atoms with van der Waals surface area (Å²) in [6.07, 6.45) is 9.50. The summed E-state index contributed by atoms with van der Waals surface area (Å²) in [5.41, 5.74) is 1.14. The molecule has 144 valence electrons. The van der Waals surface area contributed by atoms with Gasteiger partial charge in [0.25, 0.3) is 5.91 Å². The van der Waals surface area contributed by atoms with Crippen molar-refractivity contribution in [3.05, 3.63) is 78.6 Å². The van der Waals surface area contributed by atoms with E-state index in [0.717, 1.165) is 43.1 Å². The zero-order chi connectivity index (χ0) is 19.2. The minimum atomic E-state index is 0.0268. The van der Waals surface area contributed by atoms with Crippen molar-refractivity contribution in [3.8, 4) is 5.75 Å². The van der Waals surface area contributed by atoms with Crippen molar-refractivity contribution in [3.63, 3.8) is 0 Å². The fourth-order valence-corrected chi connectivity index (χ4v) is 3.67. The molecular weight excluding hydrogens is 352 g/mol. The Morgan fingerprint density at radius 3 is 2.86 bits per heavy atom. The maximum Gasteiger partial charge on any atom is 0.260 e. The third-order valence-corrected chi connectivity index (χ3v) is 5.07. The molecule has 6 heteroatoms. The first kappa shape index (κ1) is 18.2. The minimum Gasteiger partial charge on any atom is -0.484 e. The van der Waals surface area contributed by atoms with Gasteiger partial charge in [0.15, 0.2) is 6.61 Å². The third kappa shape index (κ3) is 4.39. The number of amides is 1. The number of piperidine rings is 1. The van der Waals surface area contributed by atoms with Gasteiger partial charge in [-0.05, 0) is 36.6 Å². The Bertz CT molecular complexity index is 895. The third-order valence-electron chi connectivity index (χ3n) is 5.07. The van der Waals surface area contributed by atoms with Crippen LogP contribution < -0.4 is 4.74 Å². The van der Waals surface area contributed by atoms with Gasteiger partial charge >= 0.3 is 0 Å². The van der Waals surface area contributed by atoms with Crippen molar-refractivity contribution in [2.24, 2.45) is 0 Å². The second kappa shape index (κ2) is 8.69. The molecule has 4 rings (SSSR count). The fourth-order valence-electron chi connectivity index (χ4n) is 3.67. The molecule has 0 saturated carbocycles. The molecule has 1 atom stereocenters. The van der Waals surface area contributed by atoms with Gasteiger partial charge in [0, 0.05) is 43.8 Å². The molecule has 3 aromatic rings. The maximum atomic E-state index is 12.6. The van der Waals surface area contributed by atoms with Crippen molar-refractivity contribution >= 4 is 5.91 Å². The molecule has 1 amide bonds. The summed E-state index contributed by atoms with van der Waals surface area (Å²) in [5.74, 6) is 2.02. The van der Waals surface area contributed by atoms with Crippen LogP contribution >= 0.6 is 0 Å². The Labute approximate surface area is 164 Å². The number of carbonyl (C=O) groups is 1. The van der Waals surface area contributed by atoms with Gasteiger partial charge in [-0.2, -0.15) is 0 Å². The van der Waals surface area contributed by atoms with E-state index in [0.29, 0.717) is 6.54 Å². The topological polar surface area (TPSA) is 60.2 Å². The lowest BCUT2D eigenvalue weighted by Crippen LogP contribution is -2.42. The van der Waals surface area contributed by atoms with Crippen molar-refractivity contribution in [2.75, 3.05) is 19.7 Å². The zero-order valence-electron chi connectivity index (χ0n) is 15.8. The van der Waals surface area contributed by atoms with Crippen LogP contribution in [0.5, 0.6) is 5.75 Å². The number of carbonyl (C=O) groups excluding carboxylic acids is 1. The van der Waals surface area contributed by atoms with Crippen LogP contribution in [-0.2, 0) is 11.3 Å². The first-order valence-electron chi connectivity index (χ1n) is 9.65. The smallest absolute Gasteiger partial charge is 0.260 e. The molecule has 6 nitrogen and oxygen atoms in total. The normalized spacial score (nSPS) is 16.7. The number of pyridine rings is 1. The number of nitrogens with zero attached hydrogens (tertiary/aromatic N) is 4. The van der Waals surface area contributed by atoms with Crippen molar-refractivity contribution in [1.82, 2.24) is 19.4 Å². The number of likely N-dealkylation sites (tertiary alicyclic amines) is 1. The van der Waals surface area contributed by atoms with Gasteiger partial charge in [0.05, 0.1) is 6.54 Å². The van der Waals surface area contributed by atoms with Crippen LogP contribution in [0, 0.1) is 0 Å². The molecule has 0 N–H and O–H groups in total. The van der Waals surface area contributed by atoms with E-state index >= 15 is 0 Å². The summed E-state index contributed by atoms with van der Waals surface area (Å²) in [6.45, 7) is 2.27. The summed E-state index contributed by atoms with van der Waals surface area (Å²) >= 11 is 0. The number of para-hydroxylation sites is 1. The molecule has 0 aliphatic carbocycles. The number of rotatable bonds is 6. The Morgan fingerprint density at radius 1 is 1.14 bits per heavy atom. The lowest BCUT2D eigenvalue weighted by atomic mass is 9.97. The van der Waals surface area contributed by atoms with E-state index in [9.17, 15) is 4.79 Å². The van der Waals surface area contributed by atoms with E-state index in [2.05, 4.69) is 20.6 Å². The maximum absolute atomic E-state index is 12.6. The van der Waals surface area contributed by atoms with Crippen LogP contribution in [0.3, 0.4) is 0 Å². The predicted octanol–water partition coefficient (Wildman–Crippen LogP) is 3.11. The van der Waals surface area contributed by atoms with E-state index < -0.39 is 0 Å². The van der Waals surface area contributed by atoms with E-state index in [1.807, 2.05) is 59.9 Å². The van der Waals surface area contributed by atoms with Crippen molar-refractivity contribution in [1.29, 1.82) is 0 Å². The van der Waals surface area contributed by atoms with Gasteiger partial charge < -0.3 is 14.2 Å². The molecule has 1 aliphatic rings. The molecule has 2 aromatic heterocycles. The van der Waals surface area contributed by atoms with E-state index in [1.165, 1.54) is 0 Å². The lowest BCUT2D eigenvalue weighted by Gasteiger charge is -2.32. The summed E-state index contributed by atoms with van der Waals surface area (Å²) in [6, 6.07) is 13.5. The van der Waals surface area contributed by atoms with Crippen LogP contribution in [0.25, 0.3) is 0 Å². The molecule has 1 unspecified atom stereocenters. The largest absolute Gasteiger partial charge is 0.484 e. The Balaban J connectivity index is 1.39. The standard InChI is InChI=1S/C22H24N4O2/c27-21(17-28-20-8-2-1-3-9-20)25-12-5-7-19(16-25)22-24-11-13-26(22)15-18-6-4-10-23-14-18/h1-4,6,8-11,13-14,19H,5,7,12,15-17H2. The highest BCUT2D eigenvalue weighted by Crippen LogP contribution is 2.26. The first-order chi connectivity index (χ1) is 13.8. The number of imidazole rings is 1. The fraction of sp³-hybridized carbons (Fsp3) is 0.318. The van der Waals surface area contributed by atoms with Crippen LogP contribution in [0.15, 0.2) is 67.3 Å². The van der Waals surface area contributed by atoms with Crippen LogP contribution in [0.4, 0.5) is 0 Å². The molecule has 3 heterocycles. The number of aromatic nitrogens is 3. The Hall–Kier alpha value is -3.15. The molecular formula is C22H24N4O2. The highest BCUT2D eigenvalue weighted by Gasteiger charge is 2.27. The highest BCUT2D eigenvalue weighted by molar-refractivity contribution is 5.78. The Morgan fingerprint density at radius 2 is 2.04 bits per heavy atom. The van der Waals surface area contributed by atoms with E-state index in [-0.39, 0.29) is 18.4 Å². The van der Waals surface area contributed by atoms with Gasteiger partial charge in [0.1, 0.15) is 11.6 Å². The summed E-state index contributed by atoms with van der Waals surface area (Å²) < 4.78 is 7.79. The van der Waals surface area contributed by atoms with Gasteiger partial charge in [-0.15, -0.1) is 0 Å². The first-order valence-corrected chi connectivity index (χ1v) is 9.65. The lowest BCUT2D eigenvalue weighted by molar-refractivity contribution is -0.134. The Kier molecular flexibility index (Phi) is 5.66. The second-order valence-electron chi connectivity index (χ2n) is 7.06. The quantitative estimate of drug-likeness (QED) is 0.663. The summed E-state index contributed by atoms with van der Waals surface area (Å²) in [5, 5.41) is 0. The number of hydrogen-bond acceptors (Lipinski definition) is 4. The summed E-state index contributed by atoms with van der Waals surface area (Å²) in [7, 11) is 0. The molecule has 1 aromatic carbocycles. The average molecular weight is 376 g/mol. The molecule has 28 heavy (non-hydrogen) atoms. The molecule has 0 radical (unpaired) electrons. The number of ether oxygens (including phenoxy) is 1.